The van der Waals surface area contributed by atoms with Crippen molar-refractivity contribution in [2.75, 3.05) is 19.6 Å². The molecule has 1 fully saturated rings. The van der Waals surface area contributed by atoms with E-state index in [2.05, 4.69) is 27.7 Å². The molecule has 106 valence electrons. The van der Waals surface area contributed by atoms with Crippen LogP contribution in [0.15, 0.2) is 4.52 Å². The van der Waals surface area contributed by atoms with Gasteiger partial charge in [-0.05, 0) is 39.3 Å². The first kappa shape index (κ1) is 14.0. The molecule has 2 N–H and O–H groups in total. The average molecular weight is 266 g/mol. The third-order valence-electron chi connectivity index (χ3n) is 3.91. The molecular formula is C13H22N4O2. The lowest BCUT2D eigenvalue weighted by atomic mass is 9.76. The Hall–Kier alpha value is -1.43. The monoisotopic (exact) mass is 266 g/mol. The summed E-state index contributed by atoms with van der Waals surface area (Å²) in [5.74, 6) is 1.37. The van der Waals surface area contributed by atoms with E-state index in [1.807, 2.05) is 0 Å². The maximum atomic E-state index is 12.3. The van der Waals surface area contributed by atoms with Gasteiger partial charge in [-0.1, -0.05) is 12.1 Å². The Morgan fingerprint density at radius 2 is 2.21 bits per heavy atom. The first-order chi connectivity index (χ1) is 9.16. The summed E-state index contributed by atoms with van der Waals surface area (Å²) in [5, 5.41) is 10.0. The van der Waals surface area contributed by atoms with E-state index in [0.29, 0.717) is 24.7 Å². The summed E-state index contributed by atoms with van der Waals surface area (Å²) in [7, 11) is 0. The van der Waals surface area contributed by atoms with Crippen LogP contribution >= 0.6 is 0 Å². The van der Waals surface area contributed by atoms with Crippen LogP contribution in [-0.4, -0.2) is 35.7 Å². The molecule has 1 aliphatic heterocycles. The normalized spacial score (nSPS) is 18.2. The zero-order chi connectivity index (χ0) is 13.7. The van der Waals surface area contributed by atoms with Gasteiger partial charge in [0.05, 0.1) is 5.41 Å². The van der Waals surface area contributed by atoms with Crippen molar-refractivity contribution >= 4 is 5.91 Å². The molecule has 0 spiro atoms. The second-order valence-corrected chi connectivity index (χ2v) is 5.13. The Bertz CT molecular complexity index is 424. The van der Waals surface area contributed by atoms with Crippen molar-refractivity contribution in [3.05, 3.63) is 11.7 Å². The van der Waals surface area contributed by atoms with Crippen LogP contribution in [0.1, 0.15) is 37.9 Å². The highest BCUT2D eigenvalue weighted by molar-refractivity contribution is 5.82. The van der Waals surface area contributed by atoms with Crippen LogP contribution in [-0.2, 0) is 11.2 Å². The van der Waals surface area contributed by atoms with Gasteiger partial charge in [-0.25, -0.2) is 0 Å². The van der Waals surface area contributed by atoms with Gasteiger partial charge in [0.1, 0.15) is 0 Å². The molecule has 1 aliphatic rings. The highest BCUT2D eigenvalue weighted by atomic mass is 16.5. The molecule has 0 atom stereocenters. The van der Waals surface area contributed by atoms with Crippen molar-refractivity contribution < 1.29 is 9.32 Å². The number of rotatable bonds is 5. The summed E-state index contributed by atoms with van der Waals surface area (Å²) in [6.45, 7) is 6.27. The second kappa shape index (κ2) is 6.14. The number of aromatic nitrogens is 2. The molecule has 1 aromatic heterocycles. The van der Waals surface area contributed by atoms with Crippen LogP contribution in [0.2, 0.25) is 0 Å². The van der Waals surface area contributed by atoms with Crippen molar-refractivity contribution in [2.24, 2.45) is 5.41 Å². The number of piperidine rings is 1. The lowest BCUT2D eigenvalue weighted by Crippen LogP contribution is -2.47. The summed E-state index contributed by atoms with van der Waals surface area (Å²) in [4.78, 5) is 16.5. The largest absolute Gasteiger partial charge is 0.355 e. The average Bonchev–Trinajstić information content (AvgIpc) is 2.85. The van der Waals surface area contributed by atoms with Crippen LogP contribution in [0.25, 0.3) is 0 Å². The molecule has 0 bridgehead atoms. The summed E-state index contributed by atoms with van der Waals surface area (Å²) < 4.78 is 5.02. The Labute approximate surface area is 113 Å². The number of hydrogen-bond acceptors (Lipinski definition) is 5. The minimum absolute atomic E-state index is 0.160. The van der Waals surface area contributed by atoms with Crippen LogP contribution in [0, 0.1) is 12.3 Å². The van der Waals surface area contributed by atoms with E-state index in [9.17, 15) is 4.79 Å². The van der Waals surface area contributed by atoms with Crippen LogP contribution < -0.4 is 10.6 Å². The highest BCUT2D eigenvalue weighted by Crippen LogP contribution is 2.32. The standard InChI is InChI=1S/C13H22N4O2/c1-3-13(5-8-14-9-6-13)12(18)15-7-4-11-16-10(2)17-19-11/h14H,3-9H2,1-2H3,(H,15,18). The van der Waals surface area contributed by atoms with E-state index in [0.717, 1.165) is 32.4 Å². The number of nitrogens with zero attached hydrogens (tertiary/aromatic N) is 2. The van der Waals surface area contributed by atoms with Crippen molar-refractivity contribution in [2.45, 2.75) is 39.5 Å². The number of nitrogens with one attached hydrogen (secondary N) is 2. The Morgan fingerprint density at radius 1 is 1.47 bits per heavy atom. The minimum atomic E-state index is -0.198. The maximum Gasteiger partial charge on any atom is 0.228 e. The number of carbonyl (C=O) groups is 1. The van der Waals surface area contributed by atoms with E-state index in [-0.39, 0.29) is 11.3 Å². The van der Waals surface area contributed by atoms with Crippen molar-refractivity contribution in [3.63, 3.8) is 0 Å². The minimum Gasteiger partial charge on any atom is -0.355 e. The van der Waals surface area contributed by atoms with Gasteiger partial charge in [0.25, 0.3) is 0 Å². The summed E-state index contributed by atoms with van der Waals surface area (Å²) >= 11 is 0. The van der Waals surface area contributed by atoms with Gasteiger partial charge in [-0.3, -0.25) is 4.79 Å². The molecule has 1 saturated heterocycles. The van der Waals surface area contributed by atoms with Crippen LogP contribution in [0.5, 0.6) is 0 Å². The first-order valence-corrected chi connectivity index (χ1v) is 6.94. The lowest BCUT2D eigenvalue weighted by Gasteiger charge is -2.35. The van der Waals surface area contributed by atoms with Gasteiger partial charge < -0.3 is 15.2 Å². The fourth-order valence-corrected chi connectivity index (χ4v) is 2.56. The molecule has 6 heteroatoms. The fraction of sp³-hybridized carbons (Fsp3) is 0.769. The van der Waals surface area contributed by atoms with Gasteiger partial charge in [0, 0.05) is 13.0 Å². The Balaban J connectivity index is 1.82. The van der Waals surface area contributed by atoms with Gasteiger partial charge in [0.15, 0.2) is 5.82 Å². The summed E-state index contributed by atoms with van der Waals surface area (Å²) in [5.41, 5.74) is -0.198. The molecular weight excluding hydrogens is 244 g/mol. The van der Waals surface area contributed by atoms with E-state index in [1.165, 1.54) is 0 Å². The van der Waals surface area contributed by atoms with E-state index in [1.54, 1.807) is 6.92 Å². The summed E-state index contributed by atoms with van der Waals surface area (Å²) in [6.07, 6.45) is 3.30. The molecule has 2 rings (SSSR count). The molecule has 0 radical (unpaired) electrons. The fourth-order valence-electron chi connectivity index (χ4n) is 2.56. The van der Waals surface area contributed by atoms with Crippen LogP contribution in [0.4, 0.5) is 0 Å². The number of hydrogen-bond donors (Lipinski definition) is 2. The predicted molar refractivity (Wildman–Crippen MR) is 70.6 cm³/mol. The van der Waals surface area contributed by atoms with Crippen molar-refractivity contribution in [1.82, 2.24) is 20.8 Å². The van der Waals surface area contributed by atoms with E-state index < -0.39 is 0 Å². The first-order valence-electron chi connectivity index (χ1n) is 6.94. The molecule has 2 heterocycles. The maximum absolute atomic E-state index is 12.3. The second-order valence-electron chi connectivity index (χ2n) is 5.13. The van der Waals surface area contributed by atoms with Gasteiger partial charge >= 0.3 is 0 Å². The molecule has 0 saturated carbocycles. The molecule has 6 nitrogen and oxygen atoms in total. The lowest BCUT2D eigenvalue weighted by molar-refractivity contribution is -0.132. The third kappa shape index (κ3) is 3.32. The zero-order valence-electron chi connectivity index (χ0n) is 11.7. The van der Waals surface area contributed by atoms with E-state index >= 15 is 0 Å². The van der Waals surface area contributed by atoms with E-state index in [4.69, 9.17) is 4.52 Å². The molecule has 0 aromatic carbocycles. The predicted octanol–water partition coefficient (Wildman–Crippen LogP) is 0.817. The zero-order valence-corrected chi connectivity index (χ0v) is 11.7. The van der Waals surface area contributed by atoms with Crippen LogP contribution in [0.3, 0.4) is 0 Å². The smallest absolute Gasteiger partial charge is 0.228 e. The SMILES string of the molecule is CCC1(C(=O)NCCc2nc(C)no2)CCNCC1. The molecule has 1 amide bonds. The number of aryl methyl sites for hydroxylation is 1. The third-order valence-corrected chi connectivity index (χ3v) is 3.91. The summed E-state index contributed by atoms with van der Waals surface area (Å²) in [6, 6.07) is 0. The number of amides is 1. The molecule has 0 aliphatic carbocycles. The Kier molecular flexibility index (Phi) is 4.52. The molecule has 1 aromatic rings. The van der Waals surface area contributed by atoms with Crippen molar-refractivity contribution in [1.29, 1.82) is 0 Å². The molecule has 0 unspecified atom stereocenters. The Morgan fingerprint density at radius 3 is 2.79 bits per heavy atom. The van der Waals surface area contributed by atoms with Crippen molar-refractivity contribution in [3.8, 4) is 0 Å². The van der Waals surface area contributed by atoms with Gasteiger partial charge in [-0.2, -0.15) is 4.98 Å². The topological polar surface area (TPSA) is 80.1 Å². The quantitative estimate of drug-likeness (QED) is 0.824. The highest BCUT2D eigenvalue weighted by Gasteiger charge is 2.37. The van der Waals surface area contributed by atoms with Gasteiger partial charge in [-0.15, -0.1) is 0 Å². The molecule has 19 heavy (non-hydrogen) atoms. The number of carbonyl (C=O) groups excluding carboxylic acids is 1. The van der Waals surface area contributed by atoms with Gasteiger partial charge in [0.2, 0.25) is 11.8 Å².